The highest BCUT2D eigenvalue weighted by Crippen LogP contribution is 2.16. The minimum absolute atomic E-state index is 0.00368. The van der Waals surface area contributed by atoms with E-state index in [2.05, 4.69) is 15.3 Å². The van der Waals surface area contributed by atoms with E-state index in [0.29, 0.717) is 17.1 Å². The van der Waals surface area contributed by atoms with Crippen molar-refractivity contribution in [1.29, 1.82) is 0 Å². The van der Waals surface area contributed by atoms with Crippen molar-refractivity contribution in [2.45, 2.75) is 27.4 Å². The summed E-state index contributed by atoms with van der Waals surface area (Å²) in [5.41, 5.74) is 2.15. The van der Waals surface area contributed by atoms with Crippen LogP contribution in [0.25, 0.3) is 0 Å². The van der Waals surface area contributed by atoms with Gasteiger partial charge in [-0.05, 0) is 63.2 Å². The van der Waals surface area contributed by atoms with Gasteiger partial charge in [0.2, 0.25) is 5.95 Å². The number of aromatic nitrogens is 2. The zero-order valence-corrected chi connectivity index (χ0v) is 15.3. The molecule has 0 saturated heterocycles. The molecule has 2 heterocycles. The van der Waals surface area contributed by atoms with Crippen LogP contribution < -0.4 is 10.1 Å². The summed E-state index contributed by atoms with van der Waals surface area (Å²) in [5.74, 6) is 1.04. The minimum Gasteiger partial charge on any atom is -0.486 e. The quantitative estimate of drug-likeness (QED) is 0.669. The molecule has 0 aliphatic heterocycles. The summed E-state index contributed by atoms with van der Waals surface area (Å²) in [6, 6.07) is 11.9. The van der Waals surface area contributed by atoms with Gasteiger partial charge < -0.3 is 9.15 Å². The number of nitrogens with zero attached hydrogens (tertiary/aromatic N) is 2. The van der Waals surface area contributed by atoms with Crippen LogP contribution in [-0.2, 0) is 6.61 Å². The van der Waals surface area contributed by atoms with Crippen molar-refractivity contribution in [2.75, 3.05) is 5.32 Å². The number of benzene rings is 1. The third-order valence-electron chi connectivity index (χ3n) is 3.73. The molecule has 0 saturated carbocycles. The van der Waals surface area contributed by atoms with Gasteiger partial charge in [-0.3, -0.25) is 14.9 Å². The Morgan fingerprint density at radius 1 is 1.04 bits per heavy atom. The molecule has 0 unspecified atom stereocenters. The van der Waals surface area contributed by atoms with E-state index in [-0.39, 0.29) is 24.1 Å². The number of amides is 1. The van der Waals surface area contributed by atoms with E-state index in [1.807, 2.05) is 19.9 Å². The van der Waals surface area contributed by atoms with Crippen LogP contribution in [0.5, 0.6) is 5.75 Å². The van der Waals surface area contributed by atoms with Gasteiger partial charge in [0.05, 0.1) is 0 Å². The predicted molar refractivity (Wildman–Crippen MR) is 98.9 cm³/mol. The third-order valence-corrected chi connectivity index (χ3v) is 3.73. The Hall–Kier alpha value is -3.48. The number of furan rings is 1. The van der Waals surface area contributed by atoms with Crippen LogP contribution >= 0.6 is 0 Å². The molecule has 0 spiro atoms. The number of carbonyl (C=O) groups excluding carboxylic acids is 2. The highest BCUT2D eigenvalue weighted by Gasteiger charge is 2.13. The highest BCUT2D eigenvalue weighted by atomic mass is 16.5. The van der Waals surface area contributed by atoms with Crippen LogP contribution in [0.3, 0.4) is 0 Å². The van der Waals surface area contributed by atoms with E-state index in [0.717, 1.165) is 11.4 Å². The molecule has 7 nitrogen and oxygen atoms in total. The van der Waals surface area contributed by atoms with Gasteiger partial charge in [0, 0.05) is 17.0 Å². The second kappa shape index (κ2) is 7.82. The number of hydrogen-bond donors (Lipinski definition) is 1. The van der Waals surface area contributed by atoms with Crippen molar-refractivity contribution in [2.24, 2.45) is 0 Å². The van der Waals surface area contributed by atoms with Gasteiger partial charge >= 0.3 is 0 Å². The number of anilines is 1. The molecule has 3 rings (SSSR count). The number of hydrogen-bond acceptors (Lipinski definition) is 6. The summed E-state index contributed by atoms with van der Waals surface area (Å²) in [6.45, 7) is 5.33. The summed E-state index contributed by atoms with van der Waals surface area (Å²) in [7, 11) is 0. The lowest BCUT2D eigenvalue weighted by atomic mass is 10.1. The fraction of sp³-hybridized carbons (Fsp3) is 0.200. The van der Waals surface area contributed by atoms with Gasteiger partial charge in [0.15, 0.2) is 11.5 Å². The predicted octanol–water partition coefficient (Wildman–Crippen LogP) is 3.72. The summed E-state index contributed by atoms with van der Waals surface area (Å²) in [6.07, 6.45) is 0. The molecule has 2 aromatic heterocycles. The largest absolute Gasteiger partial charge is 0.486 e. The van der Waals surface area contributed by atoms with Crippen molar-refractivity contribution in [1.82, 2.24) is 9.97 Å². The summed E-state index contributed by atoms with van der Waals surface area (Å²) < 4.78 is 11.1. The molecule has 0 radical (unpaired) electrons. The summed E-state index contributed by atoms with van der Waals surface area (Å²) in [4.78, 5) is 31.9. The summed E-state index contributed by atoms with van der Waals surface area (Å²) in [5, 5.41) is 2.62. The van der Waals surface area contributed by atoms with E-state index in [9.17, 15) is 9.59 Å². The van der Waals surface area contributed by atoms with Gasteiger partial charge in [-0.15, -0.1) is 0 Å². The maximum absolute atomic E-state index is 12.3. The average molecular weight is 365 g/mol. The first kappa shape index (κ1) is 18.3. The Labute approximate surface area is 156 Å². The molecular weight excluding hydrogens is 346 g/mol. The van der Waals surface area contributed by atoms with E-state index < -0.39 is 5.91 Å². The van der Waals surface area contributed by atoms with Crippen molar-refractivity contribution in [3.05, 3.63) is 70.9 Å². The number of carbonyl (C=O) groups is 2. The van der Waals surface area contributed by atoms with Crippen molar-refractivity contribution in [3.63, 3.8) is 0 Å². The Balaban J connectivity index is 1.60. The number of Topliss-reactive ketones (excluding diaryl/α,β-unsaturated/α-hetero) is 1. The van der Waals surface area contributed by atoms with Crippen molar-refractivity contribution < 1.29 is 18.7 Å². The van der Waals surface area contributed by atoms with Crippen LogP contribution in [0, 0.1) is 13.8 Å². The SMILES string of the molecule is CC(=O)c1ccc(OCc2ccc(C(=O)Nc3nc(C)cc(C)n3)o2)cc1. The Kier molecular flexibility index (Phi) is 5.30. The van der Waals surface area contributed by atoms with Crippen molar-refractivity contribution >= 4 is 17.6 Å². The Bertz CT molecular complexity index is 957. The van der Waals surface area contributed by atoms with Crippen LogP contribution in [0.15, 0.2) is 46.9 Å². The number of aryl methyl sites for hydroxylation is 2. The maximum Gasteiger partial charge on any atom is 0.293 e. The first-order chi connectivity index (χ1) is 12.9. The molecular formula is C20H19N3O4. The number of ketones is 1. The second-order valence-electron chi connectivity index (χ2n) is 6.06. The minimum atomic E-state index is -0.433. The van der Waals surface area contributed by atoms with Gasteiger partial charge in [0.1, 0.15) is 18.1 Å². The molecule has 7 heteroatoms. The van der Waals surface area contributed by atoms with Crippen LogP contribution in [0.1, 0.15) is 45.0 Å². The lowest BCUT2D eigenvalue weighted by molar-refractivity contribution is 0.0989. The smallest absolute Gasteiger partial charge is 0.293 e. The monoisotopic (exact) mass is 365 g/mol. The zero-order valence-electron chi connectivity index (χ0n) is 15.3. The van der Waals surface area contributed by atoms with E-state index in [4.69, 9.17) is 9.15 Å². The van der Waals surface area contributed by atoms with Gasteiger partial charge in [0.25, 0.3) is 5.91 Å². The molecule has 0 bridgehead atoms. The molecule has 138 valence electrons. The van der Waals surface area contributed by atoms with Crippen LogP contribution in [0.4, 0.5) is 5.95 Å². The topological polar surface area (TPSA) is 94.3 Å². The third kappa shape index (κ3) is 4.78. The van der Waals surface area contributed by atoms with Gasteiger partial charge in [-0.2, -0.15) is 0 Å². The molecule has 0 aliphatic carbocycles. The molecule has 27 heavy (non-hydrogen) atoms. The fourth-order valence-corrected chi connectivity index (χ4v) is 2.46. The number of rotatable bonds is 6. The van der Waals surface area contributed by atoms with Crippen LogP contribution in [-0.4, -0.2) is 21.7 Å². The highest BCUT2D eigenvalue weighted by molar-refractivity contribution is 6.01. The standard InChI is InChI=1S/C20H19N3O4/c1-12-10-13(2)22-20(21-12)23-19(25)18-9-8-17(27-18)11-26-16-6-4-15(5-7-16)14(3)24/h4-10H,11H2,1-3H3,(H,21,22,23,25). The second-order valence-corrected chi connectivity index (χ2v) is 6.06. The van der Waals surface area contributed by atoms with Gasteiger partial charge in [-0.25, -0.2) is 9.97 Å². The molecule has 0 atom stereocenters. The zero-order chi connectivity index (χ0) is 19.4. The number of ether oxygens (including phenoxy) is 1. The molecule has 1 N–H and O–H groups in total. The first-order valence-electron chi connectivity index (χ1n) is 8.37. The lowest BCUT2D eigenvalue weighted by Crippen LogP contribution is -2.14. The van der Waals surface area contributed by atoms with E-state index in [1.54, 1.807) is 36.4 Å². The fourth-order valence-electron chi connectivity index (χ4n) is 2.46. The molecule has 1 amide bonds. The molecule has 1 aromatic carbocycles. The van der Waals surface area contributed by atoms with Crippen molar-refractivity contribution in [3.8, 4) is 5.75 Å². The van der Waals surface area contributed by atoms with E-state index >= 15 is 0 Å². The maximum atomic E-state index is 12.3. The lowest BCUT2D eigenvalue weighted by Gasteiger charge is -2.05. The molecule has 0 fully saturated rings. The molecule has 3 aromatic rings. The number of nitrogens with one attached hydrogen (secondary N) is 1. The van der Waals surface area contributed by atoms with Gasteiger partial charge in [-0.1, -0.05) is 0 Å². The Morgan fingerprint density at radius 3 is 2.33 bits per heavy atom. The van der Waals surface area contributed by atoms with E-state index in [1.165, 1.54) is 6.92 Å². The normalized spacial score (nSPS) is 10.5. The molecule has 0 aliphatic rings. The average Bonchev–Trinajstić information content (AvgIpc) is 3.08. The first-order valence-corrected chi connectivity index (χ1v) is 8.37. The van der Waals surface area contributed by atoms with Crippen LogP contribution in [0.2, 0.25) is 0 Å². The Morgan fingerprint density at radius 2 is 1.70 bits per heavy atom. The summed E-state index contributed by atoms with van der Waals surface area (Å²) >= 11 is 0.